The van der Waals surface area contributed by atoms with Crippen LogP contribution in [-0.4, -0.2) is 12.5 Å². The van der Waals surface area contributed by atoms with Crippen LogP contribution in [0.25, 0.3) is 0 Å². The number of hydrogen-bond donors (Lipinski definition) is 2. The largest absolute Gasteiger partial charge is 0.368 e. The van der Waals surface area contributed by atoms with Gasteiger partial charge in [-0.25, -0.2) is 0 Å². The van der Waals surface area contributed by atoms with Crippen molar-refractivity contribution in [3.63, 3.8) is 0 Å². The van der Waals surface area contributed by atoms with Crippen molar-refractivity contribution in [3.05, 3.63) is 29.8 Å². The van der Waals surface area contributed by atoms with Gasteiger partial charge in [0.1, 0.15) is 6.54 Å². The summed E-state index contributed by atoms with van der Waals surface area (Å²) in [5.41, 5.74) is 8.69. The summed E-state index contributed by atoms with van der Waals surface area (Å²) in [5, 5.41) is 15.6. The molecule has 6 heteroatoms. The van der Waals surface area contributed by atoms with E-state index in [2.05, 4.69) is 15.8 Å². The fraction of sp³-hybridized carbons (Fsp3) is 0.111. The van der Waals surface area contributed by atoms with E-state index in [0.717, 1.165) is 0 Å². The number of nitriles is 1. The minimum Gasteiger partial charge on any atom is -0.368 e. The van der Waals surface area contributed by atoms with Crippen LogP contribution in [0.15, 0.2) is 34.6 Å². The maximum absolute atomic E-state index is 10.3. The maximum Gasteiger partial charge on any atom is 0.241 e. The van der Waals surface area contributed by atoms with E-state index in [4.69, 9.17) is 11.0 Å². The minimum absolute atomic E-state index is 0.150. The minimum atomic E-state index is -0.541. The van der Waals surface area contributed by atoms with Crippen molar-refractivity contribution in [1.82, 2.24) is 0 Å². The SMILES string of the molecule is N#Cc1ccc(NN=NCC(N)=O)cc1. The van der Waals surface area contributed by atoms with Crippen LogP contribution in [0, 0.1) is 11.3 Å². The van der Waals surface area contributed by atoms with E-state index in [1.54, 1.807) is 24.3 Å². The molecule has 0 saturated heterocycles. The van der Waals surface area contributed by atoms with E-state index in [1.807, 2.05) is 6.07 Å². The number of hydrogen-bond acceptors (Lipinski definition) is 4. The predicted octanol–water partition coefficient (Wildman–Crippen LogP) is 0.823. The van der Waals surface area contributed by atoms with Gasteiger partial charge in [0.05, 0.1) is 17.3 Å². The van der Waals surface area contributed by atoms with Crippen molar-refractivity contribution in [2.75, 3.05) is 12.0 Å². The summed E-state index contributed by atoms with van der Waals surface area (Å²) in [6.45, 7) is -0.150. The third-order valence-corrected chi connectivity index (χ3v) is 1.49. The lowest BCUT2D eigenvalue weighted by molar-refractivity contribution is -0.116. The predicted molar refractivity (Wildman–Crippen MR) is 53.7 cm³/mol. The molecule has 6 nitrogen and oxygen atoms in total. The molecule has 0 bridgehead atoms. The first-order valence-electron chi connectivity index (χ1n) is 4.13. The monoisotopic (exact) mass is 203 g/mol. The summed E-state index contributed by atoms with van der Waals surface area (Å²) < 4.78 is 0. The number of nitrogens with one attached hydrogen (secondary N) is 1. The zero-order valence-electron chi connectivity index (χ0n) is 7.84. The van der Waals surface area contributed by atoms with Gasteiger partial charge < -0.3 is 5.73 Å². The highest BCUT2D eigenvalue weighted by atomic mass is 16.1. The fourth-order valence-corrected chi connectivity index (χ4v) is 0.817. The van der Waals surface area contributed by atoms with Crippen molar-refractivity contribution in [3.8, 4) is 6.07 Å². The summed E-state index contributed by atoms with van der Waals surface area (Å²) in [4.78, 5) is 10.3. The molecule has 0 aromatic heterocycles. The number of primary amides is 1. The Morgan fingerprint density at radius 1 is 1.47 bits per heavy atom. The van der Waals surface area contributed by atoms with E-state index >= 15 is 0 Å². The molecule has 76 valence electrons. The molecule has 0 aliphatic carbocycles. The summed E-state index contributed by atoms with van der Waals surface area (Å²) in [7, 11) is 0. The molecule has 1 aromatic rings. The highest BCUT2D eigenvalue weighted by molar-refractivity contribution is 5.75. The third kappa shape index (κ3) is 3.87. The third-order valence-electron chi connectivity index (χ3n) is 1.49. The molecule has 0 aliphatic rings. The molecule has 0 fully saturated rings. The Morgan fingerprint density at radius 2 is 2.13 bits per heavy atom. The first-order chi connectivity index (χ1) is 7.22. The number of nitrogens with two attached hydrogens (primary N) is 1. The molecule has 0 aliphatic heterocycles. The lowest BCUT2D eigenvalue weighted by atomic mass is 10.2. The average molecular weight is 203 g/mol. The van der Waals surface area contributed by atoms with E-state index in [0.29, 0.717) is 11.3 Å². The van der Waals surface area contributed by atoms with Crippen molar-refractivity contribution >= 4 is 11.6 Å². The molecule has 0 spiro atoms. The number of amides is 1. The van der Waals surface area contributed by atoms with Crippen molar-refractivity contribution in [2.45, 2.75) is 0 Å². The molecular weight excluding hydrogens is 194 g/mol. The number of carbonyl (C=O) groups is 1. The second-order valence-electron chi connectivity index (χ2n) is 2.67. The van der Waals surface area contributed by atoms with Crippen LogP contribution in [0.1, 0.15) is 5.56 Å². The van der Waals surface area contributed by atoms with Gasteiger partial charge in [-0.15, -0.1) is 0 Å². The fourth-order valence-electron chi connectivity index (χ4n) is 0.817. The van der Waals surface area contributed by atoms with Crippen LogP contribution in [0.2, 0.25) is 0 Å². The van der Waals surface area contributed by atoms with Crippen molar-refractivity contribution < 1.29 is 4.79 Å². The zero-order valence-corrected chi connectivity index (χ0v) is 7.84. The Morgan fingerprint density at radius 3 is 2.67 bits per heavy atom. The van der Waals surface area contributed by atoms with Crippen molar-refractivity contribution in [1.29, 1.82) is 5.26 Å². The number of carbonyl (C=O) groups excluding carboxylic acids is 1. The summed E-state index contributed by atoms with van der Waals surface area (Å²) in [5.74, 6) is -0.541. The van der Waals surface area contributed by atoms with Gasteiger partial charge in [0.15, 0.2) is 0 Å². The number of anilines is 1. The van der Waals surface area contributed by atoms with Gasteiger partial charge in [0.2, 0.25) is 5.91 Å². The highest BCUT2D eigenvalue weighted by Crippen LogP contribution is 2.08. The molecule has 1 rings (SSSR count). The van der Waals surface area contributed by atoms with Gasteiger partial charge >= 0.3 is 0 Å². The first kappa shape index (κ1) is 10.7. The normalized spacial score (nSPS) is 9.80. The molecule has 1 amide bonds. The average Bonchev–Trinajstić information content (AvgIpc) is 2.25. The number of benzene rings is 1. The van der Waals surface area contributed by atoms with Crippen LogP contribution in [0.5, 0.6) is 0 Å². The van der Waals surface area contributed by atoms with Crippen LogP contribution < -0.4 is 11.2 Å². The summed E-state index contributed by atoms with van der Waals surface area (Å²) in [6, 6.07) is 8.65. The molecule has 3 N–H and O–H groups in total. The second kappa shape index (κ2) is 5.34. The van der Waals surface area contributed by atoms with Gasteiger partial charge in [0, 0.05) is 0 Å². The Balaban J connectivity index is 2.48. The lowest BCUT2D eigenvalue weighted by Crippen LogP contribution is -2.13. The summed E-state index contributed by atoms with van der Waals surface area (Å²) in [6.07, 6.45) is 0. The van der Waals surface area contributed by atoms with Gasteiger partial charge in [-0.1, -0.05) is 5.22 Å². The van der Waals surface area contributed by atoms with Gasteiger partial charge in [-0.2, -0.15) is 10.4 Å². The van der Waals surface area contributed by atoms with E-state index in [9.17, 15) is 4.79 Å². The number of rotatable bonds is 4. The Hall–Kier alpha value is -2.42. The van der Waals surface area contributed by atoms with Crippen LogP contribution in [-0.2, 0) is 4.79 Å². The van der Waals surface area contributed by atoms with Crippen LogP contribution in [0.3, 0.4) is 0 Å². The number of nitrogens with zero attached hydrogens (tertiary/aromatic N) is 3. The van der Waals surface area contributed by atoms with Crippen LogP contribution >= 0.6 is 0 Å². The quantitative estimate of drug-likeness (QED) is 0.559. The lowest BCUT2D eigenvalue weighted by Gasteiger charge is -1.97. The Labute approximate surface area is 86.4 Å². The Bertz CT molecular complexity index is 404. The second-order valence-corrected chi connectivity index (χ2v) is 2.67. The molecule has 0 unspecified atom stereocenters. The molecule has 15 heavy (non-hydrogen) atoms. The molecular formula is C9H9N5O. The highest BCUT2D eigenvalue weighted by Gasteiger charge is 1.91. The van der Waals surface area contributed by atoms with E-state index < -0.39 is 5.91 Å². The van der Waals surface area contributed by atoms with E-state index in [-0.39, 0.29) is 6.54 Å². The first-order valence-corrected chi connectivity index (χ1v) is 4.13. The van der Waals surface area contributed by atoms with Gasteiger partial charge in [-0.05, 0) is 24.3 Å². The van der Waals surface area contributed by atoms with Crippen molar-refractivity contribution in [2.24, 2.45) is 16.1 Å². The van der Waals surface area contributed by atoms with Crippen LogP contribution in [0.4, 0.5) is 5.69 Å². The summed E-state index contributed by atoms with van der Waals surface area (Å²) >= 11 is 0. The maximum atomic E-state index is 10.3. The van der Waals surface area contributed by atoms with Gasteiger partial charge in [-0.3, -0.25) is 10.2 Å². The standard InChI is InChI=1S/C9H9N5O/c10-5-7-1-3-8(4-2-7)13-14-12-6-9(11)15/h1-4H,6H2,(H2,11,15)(H,12,13). The Kier molecular flexibility index (Phi) is 3.79. The molecule has 0 atom stereocenters. The zero-order chi connectivity index (χ0) is 11.1. The van der Waals surface area contributed by atoms with Gasteiger partial charge in [0.25, 0.3) is 0 Å². The molecule has 0 heterocycles. The topological polar surface area (TPSA) is 104 Å². The molecule has 0 radical (unpaired) electrons. The van der Waals surface area contributed by atoms with E-state index in [1.165, 1.54) is 0 Å². The smallest absolute Gasteiger partial charge is 0.241 e. The molecule has 1 aromatic carbocycles. The molecule has 0 saturated carbocycles.